The number of nitrogens with zero attached hydrogens (tertiary/aromatic N) is 1. The number of hydrogen-bond donors (Lipinski definition) is 1. The van der Waals surface area contributed by atoms with Crippen molar-refractivity contribution in [2.45, 2.75) is 19.1 Å². The largest absolute Gasteiger partial charge is 0.358 e. The highest BCUT2D eigenvalue weighted by Crippen LogP contribution is 2.22. The van der Waals surface area contributed by atoms with Gasteiger partial charge < -0.3 is 4.74 Å². The third-order valence-electron chi connectivity index (χ3n) is 2.14. The van der Waals surface area contributed by atoms with E-state index >= 15 is 0 Å². The number of halogens is 1. The van der Waals surface area contributed by atoms with Crippen LogP contribution in [0.5, 0.6) is 0 Å². The number of hydrogen-bond acceptors (Lipinski definition) is 3. The predicted octanol–water partition coefficient (Wildman–Crippen LogP) is 1.35. The molecule has 2 rings (SSSR count). The smallest absolute Gasteiger partial charge is 0.287 e. The van der Waals surface area contributed by atoms with E-state index in [0.717, 1.165) is 19.0 Å². The lowest BCUT2D eigenvalue weighted by Crippen LogP contribution is -2.19. The molecule has 6 heteroatoms. The number of nitrogens with one attached hydrogen (secondary N) is 1. The minimum atomic E-state index is -0.839. The van der Waals surface area contributed by atoms with Gasteiger partial charge in [-0.15, -0.1) is 0 Å². The monoisotopic (exact) mass is 216 g/mol. The summed E-state index contributed by atoms with van der Waals surface area (Å²) in [5.74, 6) is -0.839. The molecule has 0 amide bonds. The van der Waals surface area contributed by atoms with E-state index in [0.29, 0.717) is 6.61 Å². The summed E-state index contributed by atoms with van der Waals surface area (Å²) >= 11 is 4.90. The number of rotatable bonds is 1. The second-order valence-corrected chi connectivity index (χ2v) is 3.50. The van der Waals surface area contributed by atoms with E-state index in [-0.39, 0.29) is 11.0 Å². The summed E-state index contributed by atoms with van der Waals surface area (Å²) in [5, 5.41) is 0. The van der Waals surface area contributed by atoms with E-state index in [1.54, 1.807) is 0 Å². The SMILES string of the molecule is O=c1[nH]c(=S)n(C2CCCO2)cc1F. The first-order valence-corrected chi connectivity index (χ1v) is 4.72. The Balaban J connectivity index is 2.47. The zero-order chi connectivity index (χ0) is 10.1. The normalized spacial score (nSPS) is 21.4. The van der Waals surface area contributed by atoms with Gasteiger partial charge in [0.2, 0.25) is 5.82 Å². The van der Waals surface area contributed by atoms with Crippen LogP contribution in [0.1, 0.15) is 19.1 Å². The van der Waals surface area contributed by atoms with Gasteiger partial charge in [0.25, 0.3) is 5.56 Å². The Morgan fingerprint density at radius 3 is 3.14 bits per heavy atom. The summed E-state index contributed by atoms with van der Waals surface area (Å²) in [6.45, 7) is 0.646. The molecule has 0 aliphatic carbocycles. The summed E-state index contributed by atoms with van der Waals surface area (Å²) in [7, 11) is 0. The Labute approximate surface area is 84.3 Å². The molecular weight excluding hydrogens is 207 g/mol. The van der Waals surface area contributed by atoms with Crippen molar-refractivity contribution in [1.82, 2.24) is 9.55 Å². The molecule has 14 heavy (non-hydrogen) atoms. The van der Waals surface area contributed by atoms with Crippen molar-refractivity contribution >= 4 is 12.2 Å². The maximum atomic E-state index is 12.9. The molecule has 0 bridgehead atoms. The van der Waals surface area contributed by atoms with Gasteiger partial charge in [-0.2, -0.15) is 4.39 Å². The third-order valence-corrected chi connectivity index (χ3v) is 2.45. The van der Waals surface area contributed by atoms with Crippen molar-refractivity contribution in [2.24, 2.45) is 0 Å². The zero-order valence-corrected chi connectivity index (χ0v) is 8.14. The van der Waals surface area contributed by atoms with Crippen molar-refractivity contribution in [3.05, 3.63) is 27.1 Å². The summed E-state index contributed by atoms with van der Waals surface area (Å²) in [4.78, 5) is 13.1. The average molecular weight is 216 g/mol. The standard InChI is InChI=1S/C8H9FN2O2S/c9-5-4-11(6-2-1-3-13-6)8(14)10-7(5)12/h4,6H,1-3H2,(H,10,12,14). The highest BCUT2D eigenvalue weighted by Gasteiger charge is 2.18. The lowest BCUT2D eigenvalue weighted by Gasteiger charge is -2.13. The molecule has 1 saturated heterocycles. The summed E-state index contributed by atoms with van der Waals surface area (Å²) in [5.41, 5.74) is -0.788. The van der Waals surface area contributed by atoms with Crippen LogP contribution in [0.2, 0.25) is 0 Å². The average Bonchev–Trinajstić information content (AvgIpc) is 2.64. The van der Waals surface area contributed by atoms with Gasteiger partial charge in [-0.25, -0.2) is 0 Å². The van der Waals surface area contributed by atoms with Gasteiger partial charge in [0.1, 0.15) is 6.23 Å². The quantitative estimate of drug-likeness (QED) is 0.721. The van der Waals surface area contributed by atoms with Gasteiger partial charge in [0.05, 0.1) is 6.20 Å². The van der Waals surface area contributed by atoms with E-state index < -0.39 is 11.4 Å². The lowest BCUT2D eigenvalue weighted by atomic mass is 10.3. The topological polar surface area (TPSA) is 47.0 Å². The fourth-order valence-electron chi connectivity index (χ4n) is 1.45. The van der Waals surface area contributed by atoms with Gasteiger partial charge in [-0.3, -0.25) is 14.3 Å². The molecule has 1 fully saturated rings. The summed E-state index contributed by atoms with van der Waals surface area (Å²) in [6, 6.07) is 0. The molecular formula is C8H9FN2O2S. The summed E-state index contributed by atoms with van der Waals surface area (Å²) in [6.07, 6.45) is 2.57. The van der Waals surface area contributed by atoms with Crippen molar-refractivity contribution in [3.63, 3.8) is 0 Å². The fourth-order valence-corrected chi connectivity index (χ4v) is 1.72. The van der Waals surface area contributed by atoms with Crippen molar-refractivity contribution in [2.75, 3.05) is 6.61 Å². The van der Waals surface area contributed by atoms with E-state index in [1.165, 1.54) is 4.57 Å². The third kappa shape index (κ3) is 1.62. The molecule has 1 aliphatic rings. The molecule has 0 radical (unpaired) electrons. The first-order valence-electron chi connectivity index (χ1n) is 4.31. The van der Waals surface area contributed by atoms with E-state index in [4.69, 9.17) is 17.0 Å². The van der Waals surface area contributed by atoms with Gasteiger partial charge in [0, 0.05) is 6.61 Å². The Bertz CT molecular complexity index is 447. The van der Waals surface area contributed by atoms with Crippen molar-refractivity contribution in [3.8, 4) is 0 Å². The Hall–Kier alpha value is -1.01. The molecule has 2 heterocycles. The van der Waals surface area contributed by atoms with Crippen LogP contribution in [0.4, 0.5) is 4.39 Å². The van der Waals surface area contributed by atoms with Crippen LogP contribution < -0.4 is 5.56 Å². The molecule has 0 spiro atoms. The fraction of sp³-hybridized carbons (Fsp3) is 0.500. The van der Waals surface area contributed by atoms with Crippen LogP contribution in [-0.2, 0) is 4.74 Å². The van der Waals surface area contributed by atoms with Gasteiger partial charge in [-0.1, -0.05) is 0 Å². The molecule has 76 valence electrons. The molecule has 4 nitrogen and oxygen atoms in total. The maximum Gasteiger partial charge on any atom is 0.287 e. The molecule has 1 aromatic heterocycles. The second-order valence-electron chi connectivity index (χ2n) is 3.11. The van der Waals surface area contributed by atoms with Crippen LogP contribution in [-0.4, -0.2) is 16.2 Å². The predicted molar refractivity (Wildman–Crippen MR) is 50.1 cm³/mol. The number of aromatic nitrogens is 2. The second kappa shape index (κ2) is 3.62. The van der Waals surface area contributed by atoms with Crippen LogP contribution in [0, 0.1) is 10.6 Å². The Morgan fingerprint density at radius 2 is 2.50 bits per heavy atom. The molecule has 1 aromatic rings. The van der Waals surface area contributed by atoms with Crippen LogP contribution in [0.15, 0.2) is 11.0 Å². The first kappa shape index (κ1) is 9.54. The van der Waals surface area contributed by atoms with E-state index in [1.807, 2.05) is 0 Å². The minimum absolute atomic E-state index is 0.198. The maximum absolute atomic E-state index is 12.9. The lowest BCUT2D eigenvalue weighted by molar-refractivity contribution is 0.0532. The van der Waals surface area contributed by atoms with E-state index in [9.17, 15) is 9.18 Å². The Morgan fingerprint density at radius 1 is 1.71 bits per heavy atom. The highest BCUT2D eigenvalue weighted by atomic mass is 32.1. The van der Waals surface area contributed by atoms with Crippen molar-refractivity contribution < 1.29 is 9.13 Å². The summed E-state index contributed by atoms with van der Waals surface area (Å²) < 4.78 is 19.9. The van der Waals surface area contributed by atoms with Gasteiger partial charge in [-0.05, 0) is 25.1 Å². The van der Waals surface area contributed by atoms with Gasteiger partial charge in [0.15, 0.2) is 4.77 Å². The van der Waals surface area contributed by atoms with Crippen LogP contribution in [0.3, 0.4) is 0 Å². The zero-order valence-electron chi connectivity index (χ0n) is 7.33. The van der Waals surface area contributed by atoms with Crippen molar-refractivity contribution in [1.29, 1.82) is 0 Å². The molecule has 0 saturated carbocycles. The highest BCUT2D eigenvalue weighted by molar-refractivity contribution is 7.71. The first-order chi connectivity index (χ1) is 6.68. The van der Waals surface area contributed by atoms with Gasteiger partial charge >= 0.3 is 0 Å². The number of ether oxygens (including phenoxy) is 1. The molecule has 1 N–H and O–H groups in total. The molecule has 1 atom stereocenters. The minimum Gasteiger partial charge on any atom is -0.358 e. The molecule has 1 unspecified atom stereocenters. The van der Waals surface area contributed by atoms with E-state index in [2.05, 4.69) is 4.98 Å². The Kier molecular flexibility index (Phi) is 2.47. The molecule has 1 aliphatic heterocycles. The van der Waals surface area contributed by atoms with Crippen LogP contribution >= 0.6 is 12.2 Å². The number of aromatic amines is 1. The number of H-pyrrole nitrogens is 1. The van der Waals surface area contributed by atoms with Crippen LogP contribution in [0.25, 0.3) is 0 Å². The molecule has 0 aromatic carbocycles.